The molecule has 1 N–H and O–H groups in total. The zero-order chi connectivity index (χ0) is 19.1. The van der Waals surface area contributed by atoms with Gasteiger partial charge in [0.1, 0.15) is 11.5 Å². The number of nitrogens with one attached hydrogen (secondary N) is 1. The number of ether oxygens (including phenoxy) is 2. The van der Waals surface area contributed by atoms with E-state index in [1.165, 1.54) is 24.3 Å². The molecule has 26 heavy (non-hydrogen) atoms. The Balaban J connectivity index is 1.95. The molecule has 0 bridgehead atoms. The normalized spacial score (nSPS) is 11.7. The first kappa shape index (κ1) is 19.2. The van der Waals surface area contributed by atoms with Crippen LogP contribution in [-0.4, -0.2) is 24.5 Å². The summed E-state index contributed by atoms with van der Waals surface area (Å²) in [5, 5.41) is 13.6. The lowest BCUT2D eigenvalue weighted by atomic mass is 9.96. The van der Waals surface area contributed by atoms with Crippen molar-refractivity contribution in [2.24, 2.45) is 5.92 Å². The number of nitro groups is 1. The zero-order valence-electron chi connectivity index (χ0n) is 15.0. The summed E-state index contributed by atoms with van der Waals surface area (Å²) < 4.78 is 10.6. The van der Waals surface area contributed by atoms with E-state index in [0.717, 1.165) is 11.3 Å². The molecule has 0 fully saturated rings. The number of carbonyl (C=O) groups excluding carboxylic acids is 1. The van der Waals surface area contributed by atoms with Gasteiger partial charge in [0.2, 0.25) is 0 Å². The quantitative estimate of drug-likeness (QED) is 0.576. The van der Waals surface area contributed by atoms with Crippen molar-refractivity contribution in [1.82, 2.24) is 5.32 Å². The lowest BCUT2D eigenvalue weighted by molar-refractivity contribution is -0.384. The Morgan fingerprint density at radius 1 is 1.08 bits per heavy atom. The molecule has 0 aromatic heterocycles. The summed E-state index contributed by atoms with van der Waals surface area (Å²) >= 11 is 0. The Morgan fingerprint density at radius 2 is 1.65 bits per heavy atom. The van der Waals surface area contributed by atoms with Crippen molar-refractivity contribution in [1.29, 1.82) is 0 Å². The largest absolute Gasteiger partial charge is 0.497 e. The average Bonchev–Trinajstić information content (AvgIpc) is 2.64. The molecule has 0 saturated heterocycles. The molecule has 0 aliphatic heterocycles. The van der Waals surface area contributed by atoms with Crippen LogP contribution in [0.1, 0.15) is 25.5 Å². The molecular weight excluding hydrogens is 336 g/mol. The molecular formula is C19H22N2O5. The first-order valence-corrected chi connectivity index (χ1v) is 8.21. The van der Waals surface area contributed by atoms with Crippen LogP contribution in [0.4, 0.5) is 5.69 Å². The number of carbonyl (C=O) groups is 1. The molecule has 2 aromatic carbocycles. The monoisotopic (exact) mass is 358 g/mol. The van der Waals surface area contributed by atoms with E-state index in [1.54, 1.807) is 7.11 Å². The summed E-state index contributed by atoms with van der Waals surface area (Å²) in [6.45, 7) is 3.87. The summed E-state index contributed by atoms with van der Waals surface area (Å²) in [6.07, 6.45) is 0. The first-order valence-electron chi connectivity index (χ1n) is 8.21. The molecule has 0 spiro atoms. The van der Waals surface area contributed by atoms with Crippen molar-refractivity contribution < 1.29 is 19.2 Å². The van der Waals surface area contributed by atoms with Gasteiger partial charge in [-0.1, -0.05) is 26.0 Å². The van der Waals surface area contributed by atoms with E-state index in [1.807, 2.05) is 38.1 Å². The zero-order valence-corrected chi connectivity index (χ0v) is 15.0. The minimum Gasteiger partial charge on any atom is -0.497 e. The van der Waals surface area contributed by atoms with E-state index in [2.05, 4.69) is 5.32 Å². The van der Waals surface area contributed by atoms with E-state index in [4.69, 9.17) is 9.47 Å². The Kier molecular flexibility index (Phi) is 6.54. The number of rotatable bonds is 8. The maximum absolute atomic E-state index is 12.2. The van der Waals surface area contributed by atoms with Gasteiger partial charge in [-0.15, -0.1) is 0 Å². The number of hydrogen-bond acceptors (Lipinski definition) is 5. The molecule has 1 atom stereocenters. The molecule has 2 aromatic rings. The maximum Gasteiger partial charge on any atom is 0.269 e. The predicted octanol–water partition coefficient (Wildman–Crippen LogP) is 3.50. The molecule has 0 heterocycles. The standard InChI is InChI=1S/C19H22N2O5/c1-13(2)19(14-4-8-16(25-3)9-5-14)20-18(22)12-26-17-10-6-15(7-11-17)21(23)24/h4-11,13,19H,12H2,1-3H3,(H,20,22). The van der Waals surface area contributed by atoms with Gasteiger partial charge in [0.15, 0.2) is 6.61 Å². The van der Waals surface area contributed by atoms with Crippen LogP contribution in [0.2, 0.25) is 0 Å². The van der Waals surface area contributed by atoms with Crippen molar-refractivity contribution in [2.45, 2.75) is 19.9 Å². The predicted molar refractivity (Wildman–Crippen MR) is 97.3 cm³/mol. The smallest absolute Gasteiger partial charge is 0.269 e. The topological polar surface area (TPSA) is 90.7 Å². The summed E-state index contributed by atoms with van der Waals surface area (Å²) in [5.74, 6) is 1.07. The van der Waals surface area contributed by atoms with Gasteiger partial charge in [0.25, 0.3) is 11.6 Å². The second-order valence-corrected chi connectivity index (χ2v) is 6.10. The minimum absolute atomic E-state index is 0.0267. The fourth-order valence-corrected chi connectivity index (χ4v) is 2.47. The second-order valence-electron chi connectivity index (χ2n) is 6.10. The van der Waals surface area contributed by atoms with E-state index in [-0.39, 0.29) is 30.2 Å². The summed E-state index contributed by atoms with van der Waals surface area (Å²) in [6, 6.07) is 13.0. The van der Waals surface area contributed by atoms with Gasteiger partial charge in [-0.2, -0.15) is 0 Å². The van der Waals surface area contributed by atoms with E-state index < -0.39 is 4.92 Å². The van der Waals surface area contributed by atoms with Crippen LogP contribution in [0.5, 0.6) is 11.5 Å². The molecule has 7 nitrogen and oxygen atoms in total. The minimum atomic E-state index is -0.488. The molecule has 7 heteroatoms. The third-order valence-corrected chi connectivity index (χ3v) is 3.88. The number of hydrogen-bond donors (Lipinski definition) is 1. The number of nitrogens with zero attached hydrogens (tertiary/aromatic N) is 1. The van der Waals surface area contributed by atoms with Gasteiger partial charge < -0.3 is 14.8 Å². The fraction of sp³-hybridized carbons (Fsp3) is 0.316. The number of methoxy groups -OCH3 is 1. The van der Waals surface area contributed by atoms with Gasteiger partial charge in [-0.3, -0.25) is 14.9 Å². The van der Waals surface area contributed by atoms with Gasteiger partial charge >= 0.3 is 0 Å². The van der Waals surface area contributed by atoms with Crippen LogP contribution in [-0.2, 0) is 4.79 Å². The Morgan fingerprint density at radius 3 is 2.15 bits per heavy atom. The van der Waals surface area contributed by atoms with Gasteiger partial charge in [0.05, 0.1) is 18.1 Å². The summed E-state index contributed by atoms with van der Waals surface area (Å²) in [4.78, 5) is 22.4. The van der Waals surface area contributed by atoms with Crippen LogP contribution < -0.4 is 14.8 Å². The lowest BCUT2D eigenvalue weighted by Gasteiger charge is -2.23. The fourth-order valence-electron chi connectivity index (χ4n) is 2.47. The molecule has 1 unspecified atom stereocenters. The van der Waals surface area contributed by atoms with Crippen LogP contribution in [0, 0.1) is 16.0 Å². The van der Waals surface area contributed by atoms with E-state index in [0.29, 0.717) is 5.75 Å². The molecule has 0 aliphatic rings. The highest BCUT2D eigenvalue weighted by atomic mass is 16.6. The maximum atomic E-state index is 12.2. The van der Waals surface area contributed by atoms with Gasteiger partial charge in [-0.05, 0) is 35.7 Å². The van der Waals surface area contributed by atoms with Crippen molar-refractivity contribution >= 4 is 11.6 Å². The Labute approximate surface area is 152 Å². The molecule has 2 rings (SSSR count). The Hall–Kier alpha value is -3.09. The highest BCUT2D eigenvalue weighted by Gasteiger charge is 2.18. The van der Waals surface area contributed by atoms with Crippen LogP contribution in [0.25, 0.3) is 0 Å². The third-order valence-electron chi connectivity index (χ3n) is 3.88. The second kappa shape index (κ2) is 8.84. The number of amides is 1. The molecule has 1 amide bonds. The third kappa shape index (κ3) is 5.20. The molecule has 0 saturated carbocycles. The highest BCUT2D eigenvalue weighted by Crippen LogP contribution is 2.24. The van der Waals surface area contributed by atoms with Gasteiger partial charge in [-0.25, -0.2) is 0 Å². The number of benzene rings is 2. The highest BCUT2D eigenvalue weighted by molar-refractivity contribution is 5.78. The van der Waals surface area contributed by atoms with Crippen LogP contribution in [0.15, 0.2) is 48.5 Å². The first-order chi connectivity index (χ1) is 12.4. The number of nitro benzene ring substituents is 1. The SMILES string of the molecule is COc1ccc(C(NC(=O)COc2ccc([N+](=O)[O-])cc2)C(C)C)cc1. The van der Waals surface area contributed by atoms with Gasteiger partial charge in [0, 0.05) is 12.1 Å². The van der Waals surface area contributed by atoms with Crippen molar-refractivity contribution in [2.75, 3.05) is 13.7 Å². The summed E-state index contributed by atoms with van der Waals surface area (Å²) in [5.41, 5.74) is 0.950. The molecule has 138 valence electrons. The molecule has 0 aliphatic carbocycles. The van der Waals surface area contributed by atoms with E-state index >= 15 is 0 Å². The molecule has 0 radical (unpaired) electrons. The van der Waals surface area contributed by atoms with Crippen LogP contribution in [0.3, 0.4) is 0 Å². The number of non-ortho nitro benzene ring substituents is 1. The lowest BCUT2D eigenvalue weighted by Crippen LogP contribution is -2.35. The Bertz CT molecular complexity index is 742. The van der Waals surface area contributed by atoms with Crippen molar-refractivity contribution in [3.63, 3.8) is 0 Å². The van der Waals surface area contributed by atoms with E-state index in [9.17, 15) is 14.9 Å². The van der Waals surface area contributed by atoms with Crippen molar-refractivity contribution in [3.8, 4) is 11.5 Å². The van der Waals surface area contributed by atoms with Crippen molar-refractivity contribution in [3.05, 3.63) is 64.2 Å². The van der Waals surface area contributed by atoms with Crippen LogP contribution >= 0.6 is 0 Å². The summed E-state index contributed by atoms with van der Waals surface area (Å²) in [7, 11) is 1.60. The average molecular weight is 358 g/mol.